The van der Waals surface area contributed by atoms with Crippen LogP contribution in [-0.2, 0) is 0 Å². The molecule has 370 valence electrons. The SMILES string of the molecule is Cc1ccc(N2c3cccc(C)c3B3c4cc5c(cc4Oc4cc(-c6c(C)cc(C)cc6C)cc2c43)N(c2ccc(C)cc2)c2cc(-c3c(C)cc(C)cc3C)cc3c2B5c2cc(C)cc4c5cc(C)ccc5n-3c24)cc1. The van der Waals surface area contributed by atoms with Crippen LogP contribution in [0.4, 0.5) is 34.1 Å². The van der Waals surface area contributed by atoms with Crippen LogP contribution in [0.15, 0.2) is 158 Å². The van der Waals surface area contributed by atoms with Gasteiger partial charge in [-0.25, -0.2) is 0 Å². The van der Waals surface area contributed by atoms with Gasteiger partial charge in [0.2, 0.25) is 0 Å². The van der Waals surface area contributed by atoms with Crippen molar-refractivity contribution in [3.8, 4) is 39.4 Å². The highest BCUT2D eigenvalue weighted by atomic mass is 16.5. The summed E-state index contributed by atoms with van der Waals surface area (Å²) in [6, 6.07) is 61.2. The molecule has 15 rings (SSSR count). The Morgan fingerprint density at radius 2 is 0.883 bits per heavy atom. The van der Waals surface area contributed by atoms with Crippen molar-refractivity contribution in [2.24, 2.45) is 0 Å². The number of ether oxygens (including phenoxy) is 1. The smallest absolute Gasteiger partial charge is 0.256 e. The molecule has 1 aromatic heterocycles. The molecule has 0 spiro atoms. The van der Waals surface area contributed by atoms with Crippen molar-refractivity contribution < 1.29 is 4.74 Å². The number of nitrogens with zero attached hydrogens (tertiary/aromatic N) is 3. The molecule has 0 amide bonds. The van der Waals surface area contributed by atoms with Gasteiger partial charge in [-0.2, -0.15) is 0 Å². The summed E-state index contributed by atoms with van der Waals surface area (Å²) in [4.78, 5) is 5.08. The predicted molar refractivity (Wildman–Crippen MR) is 329 cm³/mol. The molecule has 0 unspecified atom stereocenters. The second-order valence-electron chi connectivity index (χ2n) is 23.3. The maximum atomic E-state index is 7.67. The number of hydrogen-bond acceptors (Lipinski definition) is 3. The highest BCUT2D eigenvalue weighted by molar-refractivity contribution is 7.02. The van der Waals surface area contributed by atoms with E-state index in [4.69, 9.17) is 4.74 Å². The summed E-state index contributed by atoms with van der Waals surface area (Å²) in [6.07, 6.45) is 0. The van der Waals surface area contributed by atoms with Gasteiger partial charge in [0.15, 0.2) is 0 Å². The van der Waals surface area contributed by atoms with Gasteiger partial charge in [0.05, 0.1) is 5.52 Å². The van der Waals surface area contributed by atoms with Crippen molar-refractivity contribution in [1.82, 2.24) is 4.57 Å². The van der Waals surface area contributed by atoms with Gasteiger partial charge < -0.3 is 19.1 Å². The predicted octanol–water partition coefficient (Wildman–Crippen LogP) is 14.5. The van der Waals surface area contributed by atoms with Crippen LogP contribution in [0.5, 0.6) is 11.5 Å². The van der Waals surface area contributed by atoms with E-state index in [9.17, 15) is 0 Å². The zero-order chi connectivity index (χ0) is 52.6. The normalized spacial score (nSPS) is 13.4. The zero-order valence-electron chi connectivity index (χ0n) is 45.9. The summed E-state index contributed by atoms with van der Waals surface area (Å²) in [6.45, 7) is 24.5. The standard InChI is InChI=1S/C71H59B2N3O/c1-38-15-20-51(21-16-38)74-59-14-12-13-44(7)68(59)73-56-36-55-60(37-64(56)77-65-35-50(34-63(74)70(65)73)67-47(10)27-42(5)28-48(67)11)75(52-22-17-39(2)18-23-52)61-32-49(66-45(8)25-41(4)26-46(66)9)33-62-69(61)72(55)57-31-43(6)30-54-53-29-40(3)19-24-58(53)76(62)71(54)57/h12-37H,1-11H3. The minimum absolute atomic E-state index is 0.0729. The monoisotopic (exact) mass is 991 g/mol. The number of hydrogen-bond donors (Lipinski definition) is 0. The Labute approximate surface area is 453 Å². The van der Waals surface area contributed by atoms with E-state index >= 15 is 0 Å². The Balaban J connectivity index is 1.07. The van der Waals surface area contributed by atoms with Crippen LogP contribution < -0.4 is 47.3 Å². The van der Waals surface area contributed by atoms with Crippen molar-refractivity contribution in [1.29, 1.82) is 0 Å². The molecule has 5 heterocycles. The Morgan fingerprint density at radius 1 is 0.338 bits per heavy atom. The van der Waals surface area contributed by atoms with E-state index in [1.807, 2.05) is 0 Å². The van der Waals surface area contributed by atoms with Crippen LogP contribution >= 0.6 is 0 Å². The van der Waals surface area contributed by atoms with Gasteiger partial charge in [-0.05, 0) is 226 Å². The van der Waals surface area contributed by atoms with E-state index in [0.717, 1.165) is 39.8 Å². The first-order valence-corrected chi connectivity index (χ1v) is 27.5. The first-order valence-electron chi connectivity index (χ1n) is 27.5. The molecule has 0 radical (unpaired) electrons. The third-order valence-electron chi connectivity index (χ3n) is 17.6. The second-order valence-corrected chi connectivity index (χ2v) is 23.3. The molecule has 10 aromatic carbocycles. The zero-order valence-corrected chi connectivity index (χ0v) is 45.9. The van der Waals surface area contributed by atoms with Crippen molar-refractivity contribution in [3.05, 3.63) is 219 Å². The maximum absolute atomic E-state index is 7.67. The van der Waals surface area contributed by atoms with Crippen LogP contribution in [-0.4, -0.2) is 18.0 Å². The van der Waals surface area contributed by atoms with Crippen molar-refractivity contribution >= 4 is 102 Å². The summed E-state index contributed by atoms with van der Waals surface area (Å²) in [5.41, 5.74) is 37.3. The van der Waals surface area contributed by atoms with Crippen LogP contribution in [0, 0.1) is 76.2 Å². The van der Waals surface area contributed by atoms with Gasteiger partial charge in [0, 0.05) is 62.2 Å². The van der Waals surface area contributed by atoms with Crippen molar-refractivity contribution in [2.45, 2.75) is 76.2 Å². The molecule has 0 atom stereocenters. The first-order chi connectivity index (χ1) is 37.2. The number of anilines is 6. The Kier molecular flexibility index (Phi) is 9.70. The molecule has 11 aromatic rings. The third kappa shape index (κ3) is 6.54. The molecular weight excluding hydrogens is 932 g/mol. The second kappa shape index (κ2) is 16.3. The number of fused-ring (bicyclic) bond motifs is 11. The van der Waals surface area contributed by atoms with Gasteiger partial charge in [-0.15, -0.1) is 0 Å². The molecule has 4 nitrogen and oxygen atoms in total. The lowest BCUT2D eigenvalue weighted by Crippen LogP contribution is -2.64. The Hall–Kier alpha value is -8.47. The topological polar surface area (TPSA) is 20.6 Å². The molecule has 77 heavy (non-hydrogen) atoms. The first kappa shape index (κ1) is 45.9. The summed E-state index contributed by atoms with van der Waals surface area (Å²) in [5.74, 6) is 1.81. The van der Waals surface area contributed by atoms with Gasteiger partial charge in [0.25, 0.3) is 13.4 Å². The van der Waals surface area contributed by atoms with Gasteiger partial charge in [-0.1, -0.05) is 118 Å². The van der Waals surface area contributed by atoms with Gasteiger partial charge >= 0.3 is 0 Å². The molecule has 0 N–H and O–H groups in total. The average molecular weight is 992 g/mol. The number of benzene rings is 10. The fraction of sp³-hybridized carbons (Fsp3) is 0.155. The summed E-state index contributed by atoms with van der Waals surface area (Å²) < 4.78 is 10.3. The molecule has 0 bridgehead atoms. The summed E-state index contributed by atoms with van der Waals surface area (Å²) >= 11 is 0. The van der Waals surface area contributed by atoms with E-state index in [0.29, 0.717) is 0 Å². The van der Waals surface area contributed by atoms with Crippen LogP contribution in [0.2, 0.25) is 0 Å². The fourth-order valence-electron chi connectivity index (χ4n) is 14.8. The van der Waals surface area contributed by atoms with E-state index < -0.39 is 0 Å². The minimum atomic E-state index is -0.0969. The largest absolute Gasteiger partial charge is 0.458 e. The maximum Gasteiger partial charge on any atom is 0.256 e. The van der Waals surface area contributed by atoms with E-state index in [1.165, 1.54) is 150 Å². The highest BCUT2D eigenvalue weighted by Gasteiger charge is 2.48. The molecular formula is C71H59B2N3O. The summed E-state index contributed by atoms with van der Waals surface area (Å²) in [7, 11) is 0. The van der Waals surface area contributed by atoms with Crippen molar-refractivity contribution in [3.63, 3.8) is 0 Å². The highest BCUT2D eigenvalue weighted by Crippen LogP contribution is 2.49. The third-order valence-corrected chi connectivity index (χ3v) is 17.6. The van der Waals surface area contributed by atoms with E-state index in [1.54, 1.807) is 0 Å². The number of rotatable bonds is 4. The van der Waals surface area contributed by atoms with E-state index in [-0.39, 0.29) is 13.4 Å². The van der Waals surface area contributed by atoms with Gasteiger partial charge in [-0.3, -0.25) is 0 Å². The van der Waals surface area contributed by atoms with Gasteiger partial charge in [0.1, 0.15) is 11.5 Å². The molecule has 0 fully saturated rings. The van der Waals surface area contributed by atoms with Crippen LogP contribution in [0.25, 0.3) is 49.7 Å². The molecule has 0 aliphatic carbocycles. The van der Waals surface area contributed by atoms with E-state index in [2.05, 4.69) is 248 Å². The van der Waals surface area contributed by atoms with Crippen molar-refractivity contribution in [2.75, 3.05) is 9.80 Å². The fourth-order valence-corrected chi connectivity index (χ4v) is 14.8. The molecule has 4 aliphatic heterocycles. The lowest BCUT2D eigenvalue weighted by Gasteiger charge is -2.44. The van der Waals surface area contributed by atoms with Crippen LogP contribution in [0.1, 0.15) is 61.2 Å². The lowest BCUT2D eigenvalue weighted by molar-refractivity contribution is 0.488. The Morgan fingerprint density at radius 3 is 1.52 bits per heavy atom. The lowest BCUT2D eigenvalue weighted by atomic mass is 9.30. The number of aryl methyl sites for hydroxylation is 11. The van der Waals surface area contributed by atoms with Crippen LogP contribution in [0.3, 0.4) is 0 Å². The molecule has 6 heteroatoms. The quantitative estimate of drug-likeness (QED) is 0.164. The summed E-state index contributed by atoms with van der Waals surface area (Å²) in [5, 5.41) is 2.61. The molecule has 0 saturated heterocycles. The molecule has 0 saturated carbocycles. The average Bonchev–Trinajstić information content (AvgIpc) is 4.00. The number of aromatic nitrogens is 1. The minimum Gasteiger partial charge on any atom is -0.458 e. The molecule has 4 aliphatic rings. The Bertz CT molecular complexity index is 4400.